The lowest BCUT2D eigenvalue weighted by Gasteiger charge is -2.33. The van der Waals surface area contributed by atoms with Crippen LogP contribution in [-0.4, -0.2) is 54.9 Å². The summed E-state index contributed by atoms with van der Waals surface area (Å²) < 4.78 is 10.9. The van der Waals surface area contributed by atoms with Crippen molar-refractivity contribution in [2.24, 2.45) is 11.3 Å². The normalized spacial score (nSPS) is 25.9. The van der Waals surface area contributed by atoms with E-state index in [4.69, 9.17) is 9.47 Å². The molecule has 2 fully saturated rings. The van der Waals surface area contributed by atoms with Gasteiger partial charge >= 0.3 is 12.0 Å². The van der Waals surface area contributed by atoms with Crippen LogP contribution in [0.15, 0.2) is 24.3 Å². The van der Waals surface area contributed by atoms with Crippen LogP contribution in [0.4, 0.5) is 10.5 Å². The number of carbonyl (C=O) groups is 2. The number of fused-ring (bicyclic) bond motifs is 1. The Hall–Kier alpha value is -2.28. The highest BCUT2D eigenvalue weighted by Gasteiger charge is 2.55. The maximum atomic E-state index is 12.6. The van der Waals surface area contributed by atoms with Crippen molar-refractivity contribution in [3.63, 3.8) is 0 Å². The largest absolute Gasteiger partial charge is 0.492 e. The van der Waals surface area contributed by atoms with Crippen LogP contribution in [0.1, 0.15) is 13.3 Å². The third-order valence-corrected chi connectivity index (χ3v) is 4.85. The molecule has 2 heterocycles. The molecule has 24 heavy (non-hydrogen) atoms. The SMILES string of the molecule is CCOc1ccccc1NC(=O)N1C[C@@H]2COCC[C@]2(C(=O)O)C1. The second-order valence-electron chi connectivity index (χ2n) is 6.22. The molecule has 7 heteroatoms. The van der Waals surface area contributed by atoms with Crippen molar-refractivity contribution in [2.75, 3.05) is 38.2 Å². The molecule has 2 saturated heterocycles. The molecule has 2 aliphatic heterocycles. The molecule has 0 aliphatic carbocycles. The molecule has 0 spiro atoms. The van der Waals surface area contributed by atoms with Crippen molar-refractivity contribution < 1.29 is 24.2 Å². The van der Waals surface area contributed by atoms with E-state index in [9.17, 15) is 14.7 Å². The number of amides is 2. The van der Waals surface area contributed by atoms with Crippen molar-refractivity contribution in [2.45, 2.75) is 13.3 Å². The van der Waals surface area contributed by atoms with Gasteiger partial charge in [0.25, 0.3) is 0 Å². The summed E-state index contributed by atoms with van der Waals surface area (Å²) in [5.41, 5.74) is -0.311. The molecule has 0 aromatic heterocycles. The van der Waals surface area contributed by atoms with E-state index in [1.54, 1.807) is 17.0 Å². The van der Waals surface area contributed by atoms with E-state index >= 15 is 0 Å². The lowest BCUT2D eigenvalue weighted by atomic mass is 9.74. The van der Waals surface area contributed by atoms with Crippen molar-refractivity contribution in [1.82, 2.24) is 4.90 Å². The van der Waals surface area contributed by atoms with Gasteiger partial charge in [0.15, 0.2) is 0 Å². The van der Waals surface area contributed by atoms with Crippen LogP contribution in [0.5, 0.6) is 5.75 Å². The van der Waals surface area contributed by atoms with E-state index in [2.05, 4.69) is 5.32 Å². The predicted molar refractivity (Wildman–Crippen MR) is 87.2 cm³/mol. The Morgan fingerprint density at radius 3 is 2.96 bits per heavy atom. The summed E-state index contributed by atoms with van der Waals surface area (Å²) in [4.78, 5) is 26.0. The summed E-state index contributed by atoms with van der Waals surface area (Å²) in [5.74, 6) is -0.418. The average Bonchev–Trinajstić information content (AvgIpc) is 2.98. The fourth-order valence-electron chi connectivity index (χ4n) is 3.50. The Bertz CT molecular complexity index is 635. The van der Waals surface area contributed by atoms with E-state index in [-0.39, 0.29) is 18.5 Å². The van der Waals surface area contributed by atoms with Gasteiger partial charge in [-0.2, -0.15) is 0 Å². The minimum absolute atomic E-state index is 0.170. The van der Waals surface area contributed by atoms with E-state index in [1.807, 2.05) is 19.1 Å². The molecule has 3 rings (SSSR count). The number of carbonyl (C=O) groups excluding carboxylic acids is 1. The molecule has 2 N–H and O–H groups in total. The Morgan fingerprint density at radius 2 is 2.25 bits per heavy atom. The summed E-state index contributed by atoms with van der Waals surface area (Å²) in [6.45, 7) is 3.77. The topological polar surface area (TPSA) is 88.1 Å². The van der Waals surface area contributed by atoms with Gasteiger partial charge in [-0.25, -0.2) is 4.79 Å². The first kappa shape index (κ1) is 16.6. The Kier molecular flexibility index (Phi) is 4.62. The summed E-state index contributed by atoms with van der Waals surface area (Å²) in [6.07, 6.45) is 0.437. The molecule has 2 atom stereocenters. The number of hydrogen-bond donors (Lipinski definition) is 2. The summed E-state index contributed by atoms with van der Waals surface area (Å²) in [7, 11) is 0. The highest BCUT2D eigenvalue weighted by molar-refractivity contribution is 5.92. The molecule has 2 aliphatic rings. The molecule has 0 radical (unpaired) electrons. The zero-order chi connectivity index (χ0) is 17.2. The van der Waals surface area contributed by atoms with E-state index in [1.165, 1.54) is 0 Å². The summed E-state index contributed by atoms with van der Waals surface area (Å²) in [6, 6.07) is 6.89. The van der Waals surface area contributed by atoms with Crippen molar-refractivity contribution in [3.05, 3.63) is 24.3 Å². The van der Waals surface area contributed by atoms with Gasteiger partial charge in [-0.05, 0) is 25.5 Å². The number of nitrogens with one attached hydrogen (secondary N) is 1. The molecule has 7 nitrogen and oxygen atoms in total. The molecular weight excluding hydrogens is 312 g/mol. The first-order valence-electron chi connectivity index (χ1n) is 8.15. The maximum absolute atomic E-state index is 12.6. The fourth-order valence-corrected chi connectivity index (χ4v) is 3.50. The standard InChI is InChI=1S/C17H22N2O5/c1-2-24-14-6-4-3-5-13(14)18-16(22)19-9-12-10-23-8-7-17(12,11-19)15(20)21/h3-6,12H,2,7-11H2,1H3,(H,18,22)(H,20,21)/t12-,17+/m1/s1. The number of urea groups is 1. The molecule has 1 aromatic rings. The number of benzene rings is 1. The van der Waals surface area contributed by atoms with Gasteiger partial charge in [-0.1, -0.05) is 12.1 Å². The first-order chi connectivity index (χ1) is 11.6. The van der Waals surface area contributed by atoms with E-state index in [0.29, 0.717) is 44.2 Å². The fraction of sp³-hybridized carbons (Fsp3) is 0.529. The quantitative estimate of drug-likeness (QED) is 0.880. The molecule has 1 aromatic carbocycles. The molecule has 130 valence electrons. The van der Waals surface area contributed by atoms with Gasteiger partial charge in [-0.15, -0.1) is 0 Å². The Morgan fingerprint density at radius 1 is 1.46 bits per heavy atom. The molecule has 2 amide bonds. The lowest BCUT2D eigenvalue weighted by molar-refractivity contribution is -0.157. The minimum Gasteiger partial charge on any atom is -0.492 e. The number of ether oxygens (including phenoxy) is 2. The van der Waals surface area contributed by atoms with Gasteiger partial charge in [0.1, 0.15) is 5.75 Å². The highest BCUT2D eigenvalue weighted by atomic mass is 16.5. The Labute approximate surface area is 140 Å². The second-order valence-corrected chi connectivity index (χ2v) is 6.22. The molecule has 0 saturated carbocycles. The number of anilines is 1. The van der Waals surface area contributed by atoms with Gasteiger partial charge < -0.3 is 24.8 Å². The zero-order valence-corrected chi connectivity index (χ0v) is 13.7. The van der Waals surface area contributed by atoms with Gasteiger partial charge in [0.2, 0.25) is 0 Å². The second kappa shape index (κ2) is 6.68. The van der Waals surface area contributed by atoms with E-state index < -0.39 is 11.4 Å². The third kappa shape index (κ3) is 2.91. The van der Waals surface area contributed by atoms with Crippen LogP contribution in [0.25, 0.3) is 0 Å². The van der Waals surface area contributed by atoms with Crippen LogP contribution in [0.2, 0.25) is 0 Å². The monoisotopic (exact) mass is 334 g/mol. The van der Waals surface area contributed by atoms with E-state index in [0.717, 1.165) is 0 Å². The van der Waals surface area contributed by atoms with Gasteiger partial charge in [0, 0.05) is 25.6 Å². The number of carboxylic acid groups (broad SMARTS) is 1. The molecule has 0 bridgehead atoms. The summed E-state index contributed by atoms with van der Waals surface area (Å²) >= 11 is 0. The van der Waals surface area contributed by atoms with Gasteiger partial charge in [-0.3, -0.25) is 4.79 Å². The lowest BCUT2D eigenvalue weighted by Crippen LogP contribution is -2.45. The minimum atomic E-state index is -0.894. The average molecular weight is 334 g/mol. The maximum Gasteiger partial charge on any atom is 0.321 e. The van der Waals surface area contributed by atoms with Crippen molar-refractivity contribution in [3.8, 4) is 5.75 Å². The van der Waals surface area contributed by atoms with Crippen LogP contribution >= 0.6 is 0 Å². The van der Waals surface area contributed by atoms with Gasteiger partial charge in [0.05, 0.1) is 24.3 Å². The predicted octanol–water partition coefficient (Wildman–Crippen LogP) is 2.04. The number of hydrogen-bond acceptors (Lipinski definition) is 4. The van der Waals surface area contributed by atoms with Crippen molar-refractivity contribution in [1.29, 1.82) is 0 Å². The third-order valence-electron chi connectivity index (χ3n) is 4.85. The summed E-state index contributed by atoms with van der Waals surface area (Å²) in [5, 5.41) is 12.5. The zero-order valence-electron chi connectivity index (χ0n) is 13.7. The van der Waals surface area contributed by atoms with Crippen LogP contribution < -0.4 is 10.1 Å². The number of rotatable bonds is 4. The first-order valence-corrected chi connectivity index (χ1v) is 8.15. The number of carboxylic acids is 1. The molecule has 0 unspecified atom stereocenters. The highest BCUT2D eigenvalue weighted by Crippen LogP contribution is 2.42. The van der Waals surface area contributed by atoms with Crippen LogP contribution in [0, 0.1) is 11.3 Å². The van der Waals surface area contributed by atoms with Crippen LogP contribution in [0.3, 0.4) is 0 Å². The number of nitrogens with zero attached hydrogens (tertiary/aromatic N) is 1. The smallest absolute Gasteiger partial charge is 0.321 e. The number of likely N-dealkylation sites (tertiary alicyclic amines) is 1. The van der Waals surface area contributed by atoms with Crippen molar-refractivity contribution >= 4 is 17.7 Å². The number of aliphatic carboxylic acids is 1. The molecular formula is C17H22N2O5. The van der Waals surface area contributed by atoms with Crippen LogP contribution in [-0.2, 0) is 9.53 Å². The Balaban J connectivity index is 1.74. The number of para-hydroxylation sites is 2.